The zero-order valence-corrected chi connectivity index (χ0v) is 20.0. The van der Waals surface area contributed by atoms with Crippen LogP contribution in [0.2, 0.25) is 5.02 Å². The Labute approximate surface area is 206 Å². The summed E-state index contributed by atoms with van der Waals surface area (Å²) < 4.78 is 24.5. The molecule has 3 aromatic rings. The van der Waals surface area contributed by atoms with Gasteiger partial charge in [-0.15, -0.1) is 0 Å². The summed E-state index contributed by atoms with van der Waals surface area (Å²) in [5.41, 5.74) is 0.562. The molecule has 1 unspecified atom stereocenters. The summed E-state index contributed by atoms with van der Waals surface area (Å²) in [6.07, 6.45) is 0.292. The average Bonchev–Trinajstić information content (AvgIpc) is 2.78. The van der Waals surface area contributed by atoms with E-state index in [-0.39, 0.29) is 36.6 Å². The van der Waals surface area contributed by atoms with E-state index in [2.05, 4.69) is 0 Å². The van der Waals surface area contributed by atoms with Crippen LogP contribution < -0.4 is 10.4 Å². The van der Waals surface area contributed by atoms with Gasteiger partial charge in [0.2, 0.25) is 0 Å². The molecular formula is C24H23ClFNO6S. The second-order valence-electron chi connectivity index (χ2n) is 7.98. The number of likely N-dealkylation sites (tertiary alicyclic amines) is 1. The van der Waals surface area contributed by atoms with Crippen LogP contribution in [0.25, 0.3) is 22.1 Å². The van der Waals surface area contributed by atoms with Crippen LogP contribution in [0.5, 0.6) is 5.75 Å². The van der Waals surface area contributed by atoms with Crippen LogP contribution in [-0.2, 0) is 9.59 Å². The molecule has 1 aromatic heterocycles. The third kappa shape index (κ3) is 5.37. The Bertz CT molecular complexity index is 1300. The highest BCUT2D eigenvalue weighted by atomic mass is 35.5. The second kappa shape index (κ2) is 10.5. The van der Waals surface area contributed by atoms with Gasteiger partial charge in [0, 0.05) is 41.7 Å². The molecule has 4 rings (SSSR count). The molecule has 1 aliphatic heterocycles. The molecule has 0 aliphatic carbocycles. The van der Waals surface area contributed by atoms with Crippen molar-refractivity contribution in [1.82, 2.24) is 4.90 Å². The van der Waals surface area contributed by atoms with Crippen LogP contribution in [0, 0.1) is 11.7 Å². The monoisotopic (exact) mass is 507 g/mol. The van der Waals surface area contributed by atoms with Gasteiger partial charge in [-0.2, -0.15) is 13.5 Å². The lowest BCUT2D eigenvalue weighted by Crippen LogP contribution is -2.47. The number of amides is 1. The highest BCUT2D eigenvalue weighted by Gasteiger charge is 2.31. The lowest BCUT2D eigenvalue weighted by atomic mass is 9.98. The van der Waals surface area contributed by atoms with Crippen LogP contribution in [-0.4, -0.2) is 41.1 Å². The third-order valence-corrected chi connectivity index (χ3v) is 5.99. The van der Waals surface area contributed by atoms with E-state index in [0.29, 0.717) is 41.6 Å². The van der Waals surface area contributed by atoms with E-state index in [4.69, 9.17) is 20.8 Å². The molecule has 1 aliphatic rings. The topological polar surface area (TPSA) is 97.0 Å². The molecule has 2 aromatic carbocycles. The van der Waals surface area contributed by atoms with Crippen molar-refractivity contribution >= 4 is 47.9 Å². The summed E-state index contributed by atoms with van der Waals surface area (Å²) in [5.74, 6) is -1.99. The molecule has 1 saturated heterocycles. The normalized spacial score (nSPS) is 16.6. The number of piperidine rings is 1. The fourth-order valence-corrected chi connectivity index (χ4v) is 4.31. The predicted octanol–water partition coefficient (Wildman–Crippen LogP) is 4.46. The first-order valence-electron chi connectivity index (χ1n) is 10.4. The Morgan fingerprint density at radius 3 is 2.68 bits per heavy atom. The third-order valence-electron chi connectivity index (χ3n) is 5.68. The van der Waals surface area contributed by atoms with Crippen LogP contribution in [0.4, 0.5) is 4.39 Å². The maximum atomic E-state index is 13.5. The van der Waals surface area contributed by atoms with Gasteiger partial charge in [-0.25, -0.2) is 9.18 Å². The molecule has 1 amide bonds. The Morgan fingerprint density at radius 2 is 1.97 bits per heavy atom. The summed E-state index contributed by atoms with van der Waals surface area (Å²) in [7, 11) is 0. The SMILES string of the molecule is CC(Oc1ccc2c(-c3ccc(F)cc3Cl)cc(=O)oc2c1)C(=O)N1CCC[C@H](C(=O)O)C1.S. The molecule has 0 bridgehead atoms. The lowest BCUT2D eigenvalue weighted by Gasteiger charge is -2.32. The standard InChI is InChI=1S/C24H21ClFNO6.H2S/c1-13(23(29)27-8-2-3-14(12-27)24(30)31)32-16-5-7-18-19(11-22(28)33-21(18)10-16)17-6-4-15(26)9-20(17)25;/h4-7,9-11,13-14H,2-3,8,12H2,1H3,(H,30,31);1H2/t13?,14-;/m0./s1. The Kier molecular flexibility index (Phi) is 7.89. The quantitative estimate of drug-likeness (QED) is 0.512. The lowest BCUT2D eigenvalue weighted by molar-refractivity contribution is -0.147. The first kappa shape index (κ1) is 25.6. The van der Waals surface area contributed by atoms with Gasteiger partial charge >= 0.3 is 11.6 Å². The Morgan fingerprint density at radius 1 is 1.21 bits per heavy atom. The zero-order valence-electron chi connectivity index (χ0n) is 18.2. The summed E-state index contributed by atoms with van der Waals surface area (Å²) in [4.78, 5) is 37.7. The number of fused-ring (bicyclic) bond motifs is 1. The van der Waals surface area contributed by atoms with Crippen molar-refractivity contribution in [2.24, 2.45) is 5.92 Å². The number of halogens is 2. The smallest absolute Gasteiger partial charge is 0.336 e. The number of carboxylic acids is 1. The number of aliphatic carboxylic acids is 1. The van der Waals surface area contributed by atoms with Crippen LogP contribution in [0.1, 0.15) is 19.8 Å². The first-order chi connectivity index (χ1) is 15.7. The molecule has 1 N–H and O–H groups in total. The number of carbonyl (C=O) groups is 2. The van der Waals surface area contributed by atoms with E-state index >= 15 is 0 Å². The molecule has 180 valence electrons. The number of carbonyl (C=O) groups excluding carboxylic acids is 1. The van der Waals surface area contributed by atoms with Gasteiger partial charge in [0.1, 0.15) is 17.1 Å². The fraction of sp³-hybridized carbons (Fsp3) is 0.292. The molecule has 0 saturated carbocycles. The first-order valence-corrected chi connectivity index (χ1v) is 10.8. The number of hydrogen-bond donors (Lipinski definition) is 1. The maximum absolute atomic E-state index is 13.5. The van der Waals surface area contributed by atoms with Gasteiger partial charge in [-0.3, -0.25) is 9.59 Å². The average molecular weight is 508 g/mol. The number of nitrogens with zero attached hydrogens (tertiary/aromatic N) is 1. The number of carboxylic acid groups (broad SMARTS) is 1. The van der Waals surface area contributed by atoms with Crippen molar-refractivity contribution in [3.05, 3.63) is 63.7 Å². The van der Waals surface area contributed by atoms with Crippen LogP contribution in [0.3, 0.4) is 0 Å². The molecule has 1 fully saturated rings. The van der Waals surface area contributed by atoms with Crippen LogP contribution in [0.15, 0.2) is 51.7 Å². The zero-order chi connectivity index (χ0) is 23.7. The van der Waals surface area contributed by atoms with E-state index in [1.165, 1.54) is 29.2 Å². The highest BCUT2D eigenvalue weighted by molar-refractivity contribution is 7.59. The Balaban J connectivity index is 0.00000324. The van der Waals surface area contributed by atoms with E-state index in [1.54, 1.807) is 19.1 Å². The van der Waals surface area contributed by atoms with Crippen molar-refractivity contribution in [3.8, 4) is 16.9 Å². The molecule has 0 radical (unpaired) electrons. The van der Waals surface area contributed by atoms with E-state index in [1.807, 2.05) is 0 Å². The Hall–Kier alpha value is -3.04. The molecule has 7 nitrogen and oxygen atoms in total. The maximum Gasteiger partial charge on any atom is 0.336 e. The second-order valence-corrected chi connectivity index (χ2v) is 8.39. The number of rotatable bonds is 5. The number of benzene rings is 2. The van der Waals surface area contributed by atoms with Crippen molar-refractivity contribution < 1.29 is 28.2 Å². The molecule has 34 heavy (non-hydrogen) atoms. The minimum Gasteiger partial charge on any atom is -0.481 e. The predicted molar refractivity (Wildman–Crippen MR) is 130 cm³/mol. The van der Waals surface area contributed by atoms with Gasteiger partial charge in [0.25, 0.3) is 5.91 Å². The van der Waals surface area contributed by atoms with Gasteiger partial charge in [-0.1, -0.05) is 11.6 Å². The molecule has 0 spiro atoms. The van der Waals surface area contributed by atoms with Gasteiger partial charge in [-0.05, 0) is 50.1 Å². The molecule has 10 heteroatoms. The minimum absolute atomic E-state index is 0. The van der Waals surface area contributed by atoms with Crippen molar-refractivity contribution in [1.29, 1.82) is 0 Å². The van der Waals surface area contributed by atoms with E-state index in [9.17, 15) is 23.9 Å². The van der Waals surface area contributed by atoms with E-state index in [0.717, 1.165) is 6.07 Å². The van der Waals surface area contributed by atoms with Crippen molar-refractivity contribution in [2.45, 2.75) is 25.9 Å². The summed E-state index contributed by atoms with van der Waals surface area (Å²) in [6, 6.07) is 9.98. The minimum atomic E-state index is -0.914. The highest BCUT2D eigenvalue weighted by Crippen LogP contribution is 2.34. The van der Waals surface area contributed by atoms with Gasteiger partial charge in [0.15, 0.2) is 6.10 Å². The van der Waals surface area contributed by atoms with Gasteiger partial charge < -0.3 is 19.2 Å². The summed E-state index contributed by atoms with van der Waals surface area (Å²) in [6.45, 7) is 2.21. The van der Waals surface area contributed by atoms with Crippen molar-refractivity contribution in [2.75, 3.05) is 13.1 Å². The molecule has 2 atom stereocenters. The fourth-order valence-electron chi connectivity index (χ4n) is 4.04. The molecule has 2 heterocycles. The molecular weight excluding hydrogens is 485 g/mol. The van der Waals surface area contributed by atoms with E-state index < -0.39 is 29.4 Å². The van der Waals surface area contributed by atoms with Gasteiger partial charge in [0.05, 0.1) is 10.9 Å². The number of hydrogen-bond acceptors (Lipinski definition) is 5. The summed E-state index contributed by atoms with van der Waals surface area (Å²) in [5, 5.41) is 9.96. The largest absolute Gasteiger partial charge is 0.481 e. The van der Waals surface area contributed by atoms with Crippen LogP contribution >= 0.6 is 25.1 Å². The summed E-state index contributed by atoms with van der Waals surface area (Å²) >= 11 is 6.18. The number of ether oxygens (including phenoxy) is 1. The van der Waals surface area contributed by atoms with Crippen molar-refractivity contribution in [3.63, 3.8) is 0 Å².